The molecule has 0 amide bonds. The Morgan fingerprint density at radius 1 is 1.48 bits per heavy atom. The fourth-order valence-electron chi connectivity index (χ4n) is 2.23. The number of nitrogens with zero attached hydrogens (tertiary/aromatic N) is 1. The molecule has 0 bridgehead atoms. The highest BCUT2D eigenvalue weighted by atomic mass is 32.2. The summed E-state index contributed by atoms with van der Waals surface area (Å²) < 4.78 is 32.5. The van der Waals surface area contributed by atoms with E-state index in [1.807, 2.05) is 13.1 Å². The van der Waals surface area contributed by atoms with Gasteiger partial charge >= 0.3 is 0 Å². The van der Waals surface area contributed by atoms with Crippen LogP contribution in [0.1, 0.15) is 23.5 Å². The fourth-order valence-corrected chi connectivity index (χ4v) is 5.15. The van der Waals surface area contributed by atoms with Crippen LogP contribution in [0.5, 0.6) is 0 Å². The highest BCUT2D eigenvalue weighted by molar-refractivity contribution is 7.89. The van der Waals surface area contributed by atoms with Crippen LogP contribution in [0, 0.1) is 0 Å². The van der Waals surface area contributed by atoms with Crippen LogP contribution >= 0.6 is 11.3 Å². The Bertz CT molecular complexity index is 688. The Morgan fingerprint density at radius 2 is 2.29 bits per heavy atom. The van der Waals surface area contributed by atoms with Crippen LogP contribution < -0.4 is 5.32 Å². The zero-order valence-electron chi connectivity index (χ0n) is 11.8. The minimum Gasteiger partial charge on any atom is -0.468 e. The van der Waals surface area contributed by atoms with Gasteiger partial charge in [0.15, 0.2) is 0 Å². The van der Waals surface area contributed by atoms with Crippen molar-refractivity contribution in [3.63, 3.8) is 0 Å². The maximum Gasteiger partial charge on any atom is 0.244 e. The highest BCUT2D eigenvalue weighted by Gasteiger charge is 2.38. The molecule has 2 aromatic heterocycles. The van der Waals surface area contributed by atoms with Crippen molar-refractivity contribution in [1.82, 2.24) is 9.62 Å². The molecule has 0 atom stereocenters. The van der Waals surface area contributed by atoms with Gasteiger partial charge in [-0.05, 0) is 38.1 Å². The number of nitrogens with one attached hydrogen (secondary N) is 1. The summed E-state index contributed by atoms with van der Waals surface area (Å²) in [5, 5.41) is 4.76. The summed E-state index contributed by atoms with van der Waals surface area (Å²) >= 11 is 1.47. The van der Waals surface area contributed by atoms with Crippen molar-refractivity contribution in [2.45, 2.75) is 36.9 Å². The topological polar surface area (TPSA) is 62.6 Å². The molecule has 0 saturated heterocycles. The molecule has 0 spiro atoms. The van der Waals surface area contributed by atoms with Crippen molar-refractivity contribution in [2.75, 3.05) is 7.05 Å². The molecule has 0 aliphatic heterocycles. The van der Waals surface area contributed by atoms with Gasteiger partial charge in [0.25, 0.3) is 0 Å². The number of furan rings is 1. The summed E-state index contributed by atoms with van der Waals surface area (Å²) in [6, 6.07) is 5.45. The minimum atomic E-state index is -3.46. The van der Waals surface area contributed by atoms with E-state index in [1.54, 1.807) is 28.1 Å². The third-order valence-electron chi connectivity index (χ3n) is 3.43. The Labute approximate surface area is 128 Å². The van der Waals surface area contributed by atoms with E-state index in [9.17, 15) is 8.42 Å². The van der Waals surface area contributed by atoms with E-state index in [0.29, 0.717) is 23.7 Å². The summed E-state index contributed by atoms with van der Waals surface area (Å²) in [6.45, 7) is 0.985. The number of hydrogen-bond acceptors (Lipinski definition) is 5. The third-order valence-corrected chi connectivity index (χ3v) is 6.40. The van der Waals surface area contributed by atoms with E-state index in [-0.39, 0.29) is 6.04 Å². The molecule has 2 heterocycles. The Kier molecular flexibility index (Phi) is 4.17. The molecule has 7 heteroatoms. The van der Waals surface area contributed by atoms with Crippen molar-refractivity contribution < 1.29 is 12.8 Å². The first kappa shape index (κ1) is 14.8. The number of sulfonamides is 1. The quantitative estimate of drug-likeness (QED) is 0.849. The lowest BCUT2D eigenvalue weighted by molar-refractivity contribution is 0.357. The highest BCUT2D eigenvalue weighted by Crippen LogP contribution is 2.34. The van der Waals surface area contributed by atoms with Crippen molar-refractivity contribution >= 4 is 21.4 Å². The van der Waals surface area contributed by atoms with Gasteiger partial charge in [0.05, 0.1) is 17.7 Å². The van der Waals surface area contributed by atoms with Gasteiger partial charge in [-0.2, -0.15) is 4.31 Å². The van der Waals surface area contributed by atoms with Crippen LogP contribution in [0.3, 0.4) is 0 Å². The normalized spacial score (nSPS) is 15.7. The molecule has 1 saturated carbocycles. The molecule has 114 valence electrons. The lowest BCUT2D eigenvalue weighted by atomic mass is 10.4. The van der Waals surface area contributed by atoms with Gasteiger partial charge in [0, 0.05) is 22.8 Å². The number of hydrogen-bond donors (Lipinski definition) is 1. The molecule has 0 radical (unpaired) electrons. The summed E-state index contributed by atoms with van der Waals surface area (Å²) in [6.07, 6.45) is 3.42. The summed E-state index contributed by atoms with van der Waals surface area (Å²) in [5.74, 6) is 0.677. The van der Waals surface area contributed by atoms with Crippen LogP contribution in [0.25, 0.3) is 0 Å². The molecule has 2 aromatic rings. The molecule has 0 unspecified atom stereocenters. The molecular weight excluding hydrogens is 308 g/mol. The van der Waals surface area contributed by atoms with Crippen LogP contribution in [0.15, 0.2) is 39.2 Å². The van der Waals surface area contributed by atoms with Gasteiger partial charge in [-0.1, -0.05) is 0 Å². The first-order valence-electron chi connectivity index (χ1n) is 6.87. The smallest absolute Gasteiger partial charge is 0.244 e. The molecule has 5 nitrogen and oxygen atoms in total. The van der Waals surface area contributed by atoms with Gasteiger partial charge in [0.2, 0.25) is 10.0 Å². The predicted molar refractivity (Wildman–Crippen MR) is 81.5 cm³/mol. The maximum absolute atomic E-state index is 12.8. The minimum absolute atomic E-state index is 0.104. The Morgan fingerprint density at radius 3 is 2.90 bits per heavy atom. The van der Waals surface area contributed by atoms with E-state index in [1.165, 1.54) is 11.3 Å². The summed E-state index contributed by atoms with van der Waals surface area (Å²) in [7, 11) is -1.61. The lowest BCUT2D eigenvalue weighted by Gasteiger charge is -2.20. The van der Waals surface area contributed by atoms with Gasteiger partial charge in [-0.3, -0.25) is 0 Å². The first-order valence-corrected chi connectivity index (χ1v) is 9.19. The predicted octanol–water partition coefficient (Wildman–Crippen LogP) is 2.41. The van der Waals surface area contributed by atoms with Gasteiger partial charge in [0.1, 0.15) is 5.76 Å². The second kappa shape index (κ2) is 5.92. The second-order valence-electron chi connectivity index (χ2n) is 5.14. The molecule has 3 rings (SSSR count). The molecule has 1 fully saturated rings. The van der Waals surface area contributed by atoms with Crippen LogP contribution in [-0.2, 0) is 23.1 Å². The largest absolute Gasteiger partial charge is 0.468 e. The second-order valence-corrected chi connectivity index (χ2v) is 8.03. The van der Waals surface area contributed by atoms with E-state index in [4.69, 9.17) is 4.42 Å². The standard InChI is InChI=1S/C14H18N2O3S2/c1-15-8-13-7-14(10-20-13)21(17,18)16(11-4-5-11)9-12-3-2-6-19-12/h2-3,6-7,10-11,15H,4-5,8-9H2,1H3. The van der Waals surface area contributed by atoms with Crippen LogP contribution in [-0.4, -0.2) is 25.8 Å². The van der Waals surface area contributed by atoms with E-state index < -0.39 is 10.0 Å². The van der Waals surface area contributed by atoms with Gasteiger partial charge in [-0.15, -0.1) is 11.3 Å². The van der Waals surface area contributed by atoms with Crippen molar-refractivity contribution in [1.29, 1.82) is 0 Å². The van der Waals surface area contributed by atoms with Crippen LogP contribution in [0.2, 0.25) is 0 Å². The average Bonchev–Trinajstić information content (AvgIpc) is 2.96. The Hall–Kier alpha value is -1.15. The van der Waals surface area contributed by atoms with Crippen molar-refractivity contribution in [3.8, 4) is 0 Å². The molecular formula is C14H18N2O3S2. The summed E-state index contributed by atoms with van der Waals surface area (Å²) in [4.78, 5) is 1.40. The maximum atomic E-state index is 12.8. The molecule has 0 aromatic carbocycles. The monoisotopic (exact) mass is 326 g/mol. The van der Waals surface area contributed by atoms with E-state index in [0.717, 1.165) is 17.7 Å². The Balaban J connectivity index is 1.85. The molecule has 1 aliphatic rings. The number of thiophene rings is 1. The number of rotatable bonds is 7. The average molecular weight is 326 g/mol. The SMILES string of the molecule is CNCc1cc(S(=O)(=O)N(Cc2ccco2)C2CC2)cs1. The van der Waals surface area contributed by atoms with E-state index >= 15 is 0 Å². The van der Waals surface area contributed by atoms with Gasteiger partial charge in [-0.25, -0.2) is 8.42 Å². The first-order chi connectivity index (χ1) is 10.1. The zero-order valence-corrected chi connectivity index (χ0v) is 13.4. The van der Waals surface area contributed by atoms with E-state index in [2.05, 4.69) is 5.32 Å². The molecule has 1 aliphatic carbocycles. The third kappa shape index (κ3) is 3.21. The lowest BCUT2D eigenvalue weighted by Crippen LogP contribution is -2.32. The van der Waals surface area contributed by atoms with Gasteiger partial charge < -0.3 is 9.73 Å². The summed E-state index contributed by atoms with van der Waals surface area (Å²) in [5.41, 5.74) is 0. The van der Waals surface area contributed by atoms with Crippen LogP contribution in [0.4, 0.5) is 0 Å². The zero-order chi connectivity index (χ0) is 14.9. The molecule has 21 heavy (non-hydrogen) atoms. The fraction of sp³-hybridized carbons (Fsp3) is 0.429. The van der Waals surface area contributed by atoms with Crippen molar-refractivity contribution in [2.24, 2.45) is 0 Å². The molecule has 1 N–H and O–H groups in total. The van der Waals surface area contributed by atoms with Crippen molar-refractivity contribution in [3.05, 3.63) is 40.5 Å².